The summed E-state index contributed by atoms with van der Waals surface area (Å²) < 4.78 is 0. The van der Waals surface area contributed by atoms with Crippen LogP contribution in [0.3, 0.4) is 0 Å². The second-order valence-electron chi connectivity index (χ2n) is 4.71. The van der Waals surface area contributed by atoms with Gasteiger partial charge in [-0.3, -0.25) is 4.79 Å². The molecule has 0 spiro atoms. The van der Waals surface area contributed by atoms with E-state index >= 15 is 0 Å². The maximum Gasteiger partial charge on any atom is 0.314 e. The van der Waals surface area contributed by atoms with Crippen molar-refractivity contribution < 1.29 is 14.7 Å². The number of hydrogen-bond acceptors (Lipinski definition) is 3. The second kappa shape index (κ2) is 7.78. The van der Waals surface area contributed by atoms with Crippen LogP contribution in [0.15, 0.2) is 16.8 Å². The molecule has 1 unspecified atom stereocenters. The summed E-state index contributed by atoms with van der Waals surface area (Å²) in [5, 5.41) is 18.3. The minimum atomic E-state index is -0.881. The Hall–Kier alpha value is -1.56. The highest BCUT2D eigenvalue weighted by atomic mass is 32.1. The standard InChI is InChI=1S/C13H20N2O3S/c1-9(2)11(12(16)17)7-15-13(18)14-5-3-10-4-6-19-8-10/h4,6,8-9,11H,3,5,7H2,1-2H3,(H,16,17)(H2,14,15,18). The lowest BCUT2D eigenvalue weighted by molar-refractivity contribution is -0.142. The molecule has 0 aromatic carbocycles. The molecule has 106 valence electrons. The molecule has 2 amide bonds. The lowest BCUT2D eigenvalue weighted by atomic mass is 9.96. The maximum atomic E-state index is 11.5. The normalized spacial score (nSPS) is 12.2. The van der Waals surface area contributed by atoms with E-state index in [1.807, 2.05) is 30.7 Å². The van der Waals surface area contributed by atoms with Crippen molar-refractivity contribution in [2.24, 2.45) is 11.8 Å². The smallest absolute Gasteiger partial charge is 0.314 e. The number of carbonyl (C=O) groups is 2. The van der Waals surface area contributed by atoms with Gasteiger partial charge in [-0.2, -0.15) is 11.3 Å². The third kappa shape index (κ3) is 5.74. The molecule has 0 aliphatic rings. The first-order chi connectivity index (χ1) is 9.00. The van der Waals surface area contributed by atoms with Crippen LogP contribution in [0.25, 0.3) is 0 Å². The topological polar surface area (TPSA) is 78.4 Å². The lowest BCUT2D eigenvalue weighted by Crippen LogP contribution is -2.41. The predicted octanol–water partition coefficient (Wildman–Crippen LogP) is 1.95. The largest absolute Gasteiger partial charge is 0.481 e. The second-order valence-corrected chi connectivity index (χ2v) is 5.49. The predicted molar refractivity (Wildman–Crippen MR) is 75.4 cm³/mol. The minimum absolute atomic E-state index is 0.0105. The molecule has 5 nitrogen and oxygen atoms in total. The van der Waals surface area contributed by atoms with Crippen molar-refractivity contribution in [3.05, 3.63) is 22.4 Å². The van der Waals surface area contributed by atoms with E-state index in [0.717, 1.165) is 6.42 Å². The van der Waals surface area contributed by atoms with E-state index in [9.17, 15) is 9.59 Å². The number of carbonyl (C=O) groups excluding carboxylic acids is 1. The van der Waals surface area contributed by atoms with E-state index in [-0.39, 0.29) is 18.5 Å². The monoisotopic (exact) mass is 284 g/mol. The van der Waals surface area contributed by atoms with Gasteiger partial charge in [0.05, 0.1) is 5.92 Å². The highest BCUT2D eigenvalue weighted by molar-refractivity contribution is 7.07. The zero-order valence-corrected chi connectivity index (χ0v) is 12.0. The zero-order valence-electron chi connectivity index (χ0n) is 11.2. The van der Waals surface area contributed by atoms with Gasteiger partial charge >= 0.3 is 12.0 Å². The summed E-state index contributed by atoms with van der Waals surface area (Å²) in [6, 6.07) is 1.70. The number of amides is 2. The van der Waals surface area contributed by atoms with Crippen LogP contribution in [0.2, 0.25) is 0 Å². The molecule has 3 N–H and O–H groups in total. The van der Waals surface area contributed by atoms with Crippen LogP contribution in [-0.2, 0) is 11.2 Å². The van der Waals surface area contributed by atoms with Crippen molar-refractivity contribution in [2.45, 2.75) is 20.3 Å². The van der Waals surface area contributed by atoms with Gasteiger partial charge in [-0.1, -0.05) is 13.8 Å². The fourth-order valence-corrected chi connectivity index (χ4v) is 2.33. The van der Waals surface area contributed by atoms with Gasteiger partial charge < -0.3 is 15.7 Å². The Balaban J connectivity index is 2.22. The van der Waals surface area contributed by atoms with E-state index in [0.29, 0.717) is 6.54 Å². The Morgan fingerprint density at radius 3 is 2.63 bits per heavy atom. The Morgan fingerprint density at radius 1 is 1.37 bits per heavy atom. The van der Waals surface area contributed by atoms with Crippen LogP contribution in [0.1, 0.15) is 19.4 Å². The Bertz CT molecular complexity index is 404. The molecule has 1 aromatic rings. The van der Waals surface area contributed by atoms with Crippen molar-refractivity contribution in [1.82, 2.24) is 10.6 Å². The summed E-state index contributed by atoms with van der Waals surface area (Å²) in [7, 11) is 0. The van der Waals surface area contributed by atoms with Crippen molar-refractivity contribution in [1.29, 1.82) is 0 Å². The van der Waals surface area contributed by atoms with Crippen molar-refractivity contribution in [2.75, 3.05) is 13.1 Å². The average Bonchev–Trinajstić information content (AvgIpc) is 2.81. The molecule has 19 heavy (non-hydrogen) atoms. The SMILES string of the molecule is CC(C)C(CNC(=O)NCCc1ccsc1)C(=O)O. The number of aliphatic carboxylic acids is 1. The summed E-state index contributed by atoms with van der Waals surface area (Å²) in [6.07, 6.45) is 0.781. The maximum absolute atomic E-state index is 11.5. The fourth-order valence-electron chi connectivity index (χ4n) is 1.63. The van der Waals surface area contributed by atoms with Crippen LogP contribution in [-0.4, -0.2) is 30.2 Å². The van der Waals surface area contributed by atoms with Gasteiger partial charge in [0, 0.05) is 13.1 Å². The summed E-state index contributed by atoms with van der Waals surface area (Å²) in [5.74, 6) is -1.44. The number of urea groups is 1. The molecule has 0 radical (unpaired) electrons. The van der Waals surface area contributed by atoms with Crippen molar-refractivity contribution >= 4 is 23.3 Å². The van der Waals surface area contributed by atoms with Crippen LogP contribution >= 0.6 is 11.3 Å². The number of carboxylic acid groups (broad SMARTS) is 1. The first-order valence-electron chi connectivity index (χ1n) is 6.26. The van der Waals surface area contributed by atoms with Gasteiger partial charge in [0.2, 0.25) is 0 Å². The van der Waals surface area contributed by atoms with E-state index in [4.69, 9.17) is 5.11 Å². The lowest BCUT2D eigenvalue weighted by Gasteiger charge is -2.16. The molecule has 0 fully saturated rings. The molecule has 1 atom stereocenters. The third-order valence-corrected chi connectivity index (χ3v) is 3.62. The molecular formula is C13H20N2O3S. The first-order valence-corrected chi connectivity index (χ1v) is 7.20. The van der Waals surface area contributed by atoms with E-state index in [1.165, 1.54) is 5.56 Å². The number of thiophene rings is 1. The summed E-state index contributed by atoms with van der Waals surface area (Å²) in [6.45, 7) is 4.35. The summed E-state index contributed by atoms with van der Waals surface area (Å²) in [4.78, 5) is 22.5. The molecule has 1 aromatic heterocycles. The number of nitrogens with one attached hydrogen (secondary N) is 2. The van der Waals surface area contributed by atoms with Crippen LogP contribution in [0.5, 0.6) is 0 Å². The highest BCUT2D eigenvalue weighted by Crippen LogP contribution is 2.09. The molecule has 1 heterocycles. The van der Waals surface area contributed by atoms with E-state index < -0.39 is 11.9 Å². The van der Waals surface area contributed by atoms with Gasteiger partial charge in [0.25, 0.3) is 0 Å². The zero-order chi connectivity index (χ0) is 14.3. The van der Waals surface area contributed by atoms with Gasteiger partial charge in [-0.05, 0) is 34.7 Å². The highest BCUT2D eigenvalue weighted by Gasteiger charge is 2.21. The molecule has 0 saturated heterocycles. The Kier molecular flexibility index (Phi) is 6.35. The van der Waals surface area contributed by atoms with Crippen LogP contribution in [0.4, 0.5) is 4.79 Å². The van der Waals surface area contributed by atoms with Gasteiger partial charge in [-0.25, -0.2) is 4.79 Å². The number of carboxylic acids is 1. The minimum Gasteiger partial charge on any atom is -0.481 e. The van der Waals surface area contributed by atoms with Gasteiger partial charge in [0.15, 0.2) is 0 Å². The fraction of sp³-hybridized carbons (Fsp3) is 0.538. The van der Waals surface area contributed by atoms with Crippen LogP contribution < -0.4 is 10.6 Å². The summed E-state index contributed by atoms with van der Waals surface area (Å²) in [5.41, 5.74) is 1.19. The summed E-state index contributed by atoms with van der Waals surface area (Å²) >= 11 is 1.63. The number of hydrogen-bond donors (Lipinski definition) is 3. The molecule has 0 saturated carbocycles. The quantitative estimate of drug-likeness (QED) is 0.716. The number of rotatable bonds is 7. The van der Waals surface area contributed by atoms with Gasteiger partial charge in [0.1, 0.15) is 0 Å². The molecule has 0 bridgehead atoms. The molecule has 0 aliphatic heterocycles. The van der Waals surface area contributed by atoms with E-state index in [1.54, 1.807) is 11.3 Å². The average molecular weight is 284 g/mol. The Labute approximate surface area is 117 Å². The first kappa shape index (κ1) is 15.5. The molecular weight excluding hydrogens is 264 g/mol. The molecule has 6 heteroatoms. The van der Waals surface area contributed by atoms with E-state index in [2.05, 4.69) is 10.6 Å². The van der Waals surface area contributed by atoms with Crippen molar-refractivity contribution in [3.8, 4) is 0 Å². The van der Waals surface area contributed by atoms with Crippen LogP contribution in [0, 0.1) is 11.8 Å². The molecule has 1 rings (SSSR count). The Morgan fingerprint density at radius 2 is 2.11 bits per heavy atom. The third-order valence-electron chi connectivity index (χ3n) is 2.88. The van der Waals surface area contributed by atoms with Crippen molar-refractivity contribution in [3.63, 3.8) is 0 Å². The molecule has 0 aliphatic carbocycles. The van der Waals surface area contributed by atoms with Gasteiger partial charge in [-0.15, -0.1) is 0 Å².